The minimum Gasteiger partial charge on any atom is -0.476 e. The Labute approximate surface area is 235 Å². The summed E-state index contributed by atoms with van der Waals surface area (Å²) in [4.78, 5) is 31.5. The molecule has 38 heavy (non-hydrogen) atoms. The lowest BCUT2D eigenvalue weighted by Crippen LogP contribution is -2.30. The largest absolute Gasteiger partial charge is 0.476 e. The minimum absolute atomic E-state index is 0. The molecule has 0 atom stereocenters. The maximum atomic E-state index is 13.6. The van der Waals surface area contributed by atoms with E-state index in [1.165, 1.54) is 0 Å². The van der Waals surface area contributed by atoms with Gasteiger partial charge in [0.25, 0.3) is 5.91 Å². The fraction of sp³-hybridized carbons (Fsp3) is 0.429. The predicted molar refractivity (Wildman–Crippen MR) is 157 cm³/mol. The Kier molecular flexibility index (Phi) is 9.56. The van der Waals surface area contributed by atoms with Gasteiger partial charge in [-0.3, -0.25) is 15.0 Å². The zero-order valence-electron chi connectivity index (χ0n) is 23.4. The van der Waals surface area contributed by atoms with Crippen LogP contribution in [0.5, 0.6) is 5.75 Å². The van der Waals surface area contributed by atoms with Crippen LogP contribution in [-0.2, 0) is 12.0 Å². The van der Waals surface area contributed by atoms with Gasteiger partial charge >= 0.3 is 0 Å². The lowest BCUT2D eigenvalue weighted by molar-refractivity contribution is 0.0955. The molecule has 2 N–H and O–H groups in total. The second kappa shape index (κ2) is 11.9. The molecule has 2 aromatic rings. The molecule has 3 rings (SSSR count). The molecule has 10 heteroatoms. The second-order valence-electron chi connectivity index (χ2n) is 10.6. The molecule has 0 aliphatic carbocycles. The van der Waals surface area contributed by atoms with Crippen molar-refractivity contribution in [3.8, 4) is 11.8 Å². The zero-order chi connectivity index (χ0) is 27.7. The highest BCUT2D eigenvalue weighted by atomic mass is 79.9. The number of nitriles is 1. The Hall–Kier alpha value is -3.58. The highest BCUT2D eigenvalue weighted by Crippen LogP contribution is 2.40. The van der Waals surface area contributed by atoms with Gasteiger partial charge < -0.3 is 24.8 Å². The monoisotopic (exact) mass is 584 g/mol. The smallest absolute Gasteiger partial charge is 0.253 e. The topological polar surface area (TPSA) is 113 Å². The van der Waals surface area contributed by atoms with Crippen molar-refractivity contribution in [2.45, 2.75) is 32.7 Å². The van der Waals surface area contributed by atoms with Crippen LogP contribution in [0.25, 0.3) is 0 Å². The summed E-state index contributed by atoms with van der Waals surface area (Å²) in [6.07, 6.45) is 0. The quantitative estimate of drug-likeness (QED) is 0.451. The lowest BCUT2D eigenvalue weighted by Gasteiger charge is -2.28. The van der Waals surface area contributed by atoms with E-state index in [-0.39, 0.29) is 53.1 Å². The Balaban J connectivity index is 0.00000507. The molecule has 0 spiro atoms. The minimum atomic E-state index is -0.332. The van der Waals surface area contributed by atoms with Crippen molar-refractivity contribution in [2.75, 3.05) is 58.2 Å². The summed E-state index contributed by atoms with van der Waals surface area (Å²) < 4.78 is 5.81. The first kappa shape index (κ1) is 30.6. The fourth-order valence-electron chi connectivity index (χ4n) is 4.44. The average molecular weight is 586 g/mol. The number of anilines is 2. The van der Waals surface area contributed by atoms with E-state index in [2.05, 4.69) is 5.32 Å². The summed E-state index contributed by atoms with van der Waals surface area (Å²) in [7, 11) is 9.06. The number of hydrogen-bond donors (Lipinski definition) is 2. The second-order valence-corrected chi connectivity index (χ2v) is 10.6. The molecule has 0 radical (unpaired) electrons. The van der Waals surface area contributed by atoms with Crippen LogP contribution in [0, 0.1) is 16.7 Å². The maximum absolute atomic E-state index is 13.6. The SMILES string of the molecule is Br.CNC(=O)c1cc2c(cc1N(C)C)CN(CC(=O)c1cc(N(C)C)c(OCC#N)c(C(C)(C)C)c1)C2=N. The number of nitrogens with one attached hydrogen (secondary N) is 2. The standard InChI is InChI=1S/C28H36N6O3.BrH/c1-28(2,3)21-11-17(12-23(33(7)8)25(21)37-10-9-29)24(35)16-34-15-18-13-22(32(5)6)20(27(36)31-4)14-19(18)26(34)30;/h11-14,30H,10,15-16H2,1-8H3,(H,31,36);1H. The molecule has 1 heterocycles. The van der Waals surface area contributed by atoms with Crippen molar-refractivity contribution in [1.82, 2.24) is 10.2 Å². The molecule has 0 unspecified atom stereocenters. The summed E-state index contributed by atoms with van der Waals surface area (Å²) in [6.45, 7) is 6.45. The number of ketones is 1. The normalized spacial score (nSPS) is 12.3. The van der Waals surface area contributed by atoms with Gasteiger partial charge in [-0.2, -0.15) is 5.26 Å². The maximum Gasteiger partial charge on any atom is 0.253 e. The number of benzene rings is 2. The molecule has 1 aliphatic heterocycles. The third-order valence-electron chi connectivity index (χ3n) is 6.40. The van der Waals surface area contributed by atoms with Crippen molar-refractivity contribution in [2.24, 2.45) is 0 Å². The van der Waals surface area contributed by atoms with Crippen LogP contribution in [0.4, 0.5) is 11.4 Å². The molecule has 204 valence electrons. The Morgan fingerprint density at radius 2 is 1.74 bits per heavy atom. The van der Waals surface area contributed by atoms with E-state index in [0.29, 0.717) is 29.0 Å². The van der Waals surface area contributed by atoms with Gasteiger partial charge in [0.15, 0.2) is 12.4 Å². The zero-order valence-corrected chi connectivity index (χ0v) is 25.1. The summed E-state index contributed by atoms with van der Waals surface area (Å²) >= 11 is 0. The van der Waals surface area contributed by atoms with E-state index < -0.39 is 0 Å². The van der Waals surface area contributed by atoms with Crippen LogP contribution < -0.4 is 19.9 Å². The highest BCUT2D eigenvalue weighted by molar-refractivity contribution is 8.93. The van der Waals surface area contributed by atoms with Gasteiger partial charge in [0.05, 0.1) is 17.8 Å². The fourth-order valence-corrected chi connectivity index (χ4v) is 4.44. The van der Waals surface area contributed by atoms with Gasteiger partial charge in [0.1, 0.15) is 17.7 Å². The van der Waals surface area contributed by atoms with Crippen LogP contribution in [0.2, 0.25) is 0 Å². The van der Waals surface area contributed by atoms with E-state index >= 15 is 0 Å². The van der Waals surface area contributed by atoms with Crippen LogP contribution in [0.15, 0.2) is 24.3 Å². The third kappa shape index (κ3) is 6.10. The van der Waals surface area contributed by atoms with Gasteiger partial charge in [-0.05, 0) is 35.2 Å². The molecule has 2 aromatic carbocycles. The Morgan fingerprint density at radius 1 is 1.11 bits per heavy atom. The van der Waals surface area contributed by atoms with Crippen molar-refractivity contribution in [3.05, 3.63) is 52.1 Å². The molecule has 0 aromatic heterocycles. The van der Waals surface area contributed by atoms with Crippen LogP contribution in [0.1, 0.15) is 58.2 Å². The average Bonchev–Trinajstić information content (AvgIpc) is 3.14. The van der Waals surface area contributed by atoms with E-state index in [1.807, 2.05) is 77.0 Å². The summed E-state index contributed by atoms with van der Waals surface area (Å²) in [5.41, 5.74) is 4.54. The summed E-state index contributed by atoms with van der Waals surface area (Å²) in [5, 5.41) is 20.5. The number of ether oxygens (including phenoxy) is 1. The van der Waals surface area contributed by atoms with Crippen LogP contribution in [-0.4, -0.2) is 70.8 Å². The van der Waals surface area contributed by atoms with Crippen molar-refractivity contribution < 1.29 is 14.3 Å². The Morgan fingerprint density at radius 3 is 2.26 bits per heavy atom. The molecule has 0 saturated carbocycles. The number of Topliss-reactive ketones (excluding diaryl/α,β-unsaturated/α-hetero) is 1. The van der Waals surface area contributed by atoms with E-state index in [1.54, 1.807) is 24.1 Å². The molecular weight excluding hydrogens is 548 g/mol. The highest BCUT2D eigenvalue weighted by Gasteiger charge is 2.30. The number of fused-ring (bicyclic) bond motifs is 1. The summed E-state index contributed by atoms with van der Waals surface area (Å²) in [5.74, 6) is 0.460. The van der Waals surface area contributed by atoms with Crippen LogP contribution in [0.3, 0.4) is 0 Å². The molecule has 0 fully saturated rings. The number of amidine groups is 1. The number of amides is 1. The first-order valence-corrected chi connectivity index (χ1v) is 12.1. The molecule has 1 amide bonds. The van der Waals surface area contributed by atoms with Gasteiger partial charge in [-0.1, -0.05) is 20.8 Å². The first-order valence-electron chi connectivity index (χ1n) is 12.1. The van der Waals surface area contributed by atoms with E-state index in [4.69, 9.17) is 15.4 Å². The lowest BCUT2D eigenvalue weighted by atomic mass is 9.84. The number of carbonyl (C=O) groups excluding carboxylic acids is 2. The number of hydrogen-bond acceptors (Lipinski definition) is 7. The Bertz CT molecular complexity index is 1290. The predicted octanol–water partition coefficient (Wildman–Crippen LogP) is 3.98. The number of halogens is 1. The van der Waals surface area contributed by atoms with Crippen LogP contribution >= 0.6 is 17.0 Å². The van der Waals surface area contributed by atoms with Gasteiger partial charge in [0, 0.05) is 64.2 Å². The first-order chi connectivity index (χ1) is 17.3. The summed E-state index contributed by atoms with van der Waals surface area (Å²) in [6, 6.07) is 9.29. The molecule has 0 bridgehead atoms. The van der Waals surface area contributed by atoms with Gasteiger partial charge in [0.2, 0.25) is 0 Å². The molecule has 0 saturated heterocycles. The molecule has 9 nitrogen and oxygen atoms in total. The van der Waals surface area contributed by atoms with E-state index in [0.717, 1.165) is 22.5 Å². The van der Waals surface area contributed by atoms with Crippen molar-refractivity contribution >= 4 is 45.9 Å². The van der Waals surface area contributed by atoms with Crippen molar-refractivity contribution in [3.63, 3.8) is 0 Å². The number of rotatable bonds is 8. The van der Waals surface area contributed by atoms with E-state index in [9.17, 15) is 9.59 Å². The molecule has 1 aliphatic rings. The third-order valence-corrected chi connectivity index (χ3v) is 6.40. The van der Waals surface area contributed by atoms with Crippen molar-refractivity contribution in [1.29, 1.82) is 10.7 Å². The van der Waals surface area contributed by atoms with Gasteiger partial charge in [-0.15, -0.1) is 17.0 Å². The number of nitrogens with zero attached hydrogens (tertiary/aromatic N) is 4. The van der Waals surface area contributed by atoms with Gasteiger partial charge in [-0.25, -0.2) is 0 Å². The number of carbonyl (C=O) groups is 2. The molecular formula is C28H37BrN6O3.